The van der Waals surface area contributed by atoms with Crippen LogP contribution in [0.15, 0.2) is 78.9 Å². The number of amides is 2. The van der Waals surface area contributed by atoms with Crippen molar-refractivity contribution < 1.29 is 9.59 Å². The van der Waals surface area contributed by atoms with Crippen LogP contribution in [0.3, 0.4) is 0 Å². The number of hydrogen-bond donors (Lipinski definition) is 1. The minimum absolute atomic E-state index is 0.0220. The summed E-state index contributed by atoms with van der Waals surface area (Å²) in [6.07, 6.45) is 0.823. The number of benzene rings is 3. The van der Waals surface area contributed by atoms with Gasteiger partial charge in [-0.15, -0.1) is 11.8 Å². The van der Waals surface area contributed by atoms with Gasteiger partial charge in [-0.2, -0.15) is 0 Å². The van der Waals surface area contributed by atoms with Crippen molar-refractivity contribution in [1.29, 1.82) is 0 Å². The van der Waals surface area contributed by atoms with E-state index in [1.54, 1.807) is 48.2 Å². The third-order valence-electron chi connectivity index (χ3n) is 4.99. The Morgan fingerprint density at radius 1 is 1.03 bits per heavy atom. The summed E-state index contributed by atoms with van der Waals surface area (Å²) in [5, 5.41) is 3.40. The number of hydrogen-bond acceptors (Lipinski definition) is 3. The van der Waals surface area contributed by atoms with E-state index < -0.39 is 0 Å². The van der Waals surface area contributed by atoms with Crippen molar-refractivity contribution in [3.63, 3.8) is 0 Å². The first kappa shape index (κ1) is 20.5. The molecule has 6 heteroatoms. The molecule has 1 saturated heterocycles. The number of anilines is 1. The first-order valence-electron chi connectivity index (χ1n) is 9.72. The third kappa shape index (κ3) is 4.86. The van der Waals surface area contributed by atoms with Crippen LogP contribution in [-0.2, 0) is 11.2 Å². The highest BCUT2D eigenvalue weighted by molar-refractivity contribution is 8.00. The van der Waals surface area contributed by atoms with Crippen molar-refractivity contribution in [2.45, 2.75) is 11.8 Å². The first-order valence-corrected chi connectivity index (χ1v) is 11.1. The van der Waals surface area contributed by atoms with Crippen LogP contribution in [-0.4, -0.2) is 29.0 Å². The van der Waals surface area contributed by atoms with Gasteiger partial charge in [-0.3, -0.25) is 9.59 Å². The molecule has 1 aliphatic heterocycles. The Kier molecular flexibility index (Phi) is 6.41. The van der Waals surface area contributed by atoms with Gasteiger partial charge in [0, 0.05) is 22.8 Å². The van der Waals surface area contributed by atoms with Gasteiger partial charge in [0.25, 0.3) is 5.91 Å². The zero-order valence-corrected chi connectivity index (χ0v) is 17.8. The van der Waals surface area contributed by atoms with Crippen LogP contribution in [0.5, 0.6) is 0 Å². The van der Waals surface area contributed by atoms with Crippen molar-refractivity contribution in [2.24, 2.45) is 0 Å². The lowest BCUT2D eigenvalue weighted by Gasteiger charge is -2.24. The second kappa shape index (κ2) is 9.37. The molecule has 4 rings (SSSR count). The van der Waals surface area contributed by atoms with Crippen molar-refractivity contribution in [1.82, 2.24) is 4.90 Å². The standard InChI is InChI=1S/C24H21ClN2O2S/c25-20-7-4-8-21(15-20)26-23(29)18-9-11-19(12-10-18)24-27(22(28)16-30-24)14-13-17-5-2-1-3-6-17/h1-12,15,24H,13-14,16H2,(H,26,29)/t24-/m0/s1. The summed E-state index contributed by atoms with van der Waals surface area (Å²) >= 11 is 7.60. The smallest absolute Gasteiger partial charge is 0.255 e. The molecule has 0 unspecified atom stereocenters. The predicted octanol–water partition coefficient (Wildman–Crippen LogP) is 5.41. The maximum Gasteiger partial charge on any atom is 0.255 e. The van der Waals surface area contributed by atoms with Gasteiger partial charge in [-0.25, -0.2) is 0 Å². The summed E-state index contributed by atoms with van der Waals surface area (Å²) in [5.74, 6) is 0.444. The molecule has 1 atom stereocenters. The van der Waals surface area contributed by atoms with E-state index in [0.29, 0.717) is 28.6 Å². The highest BCUT2D eigenvalue weighted by Crippen LogP contribution is 2.38. The molecule has 3 aromatic carbocycles. The van der Waals surface area contributed by atoms with E-state index >= 15 is 0 Å². The number of thioether (sulfide) groups is 1. The number of halogens is 1. The van der Waals surface area contributed by atoms with Crippen molar-refractivity contribution in [3.8, 4) is 0 Å². The molecular weight excluding hydrogens is 416 g/mol. The number of rotatable bonds is 6. The van der Waals surface area contributed by atoms with Gasteiger partial charge in [0.1, 0.15) is 5.37 Å². The Morgan fingerprint density at radius 3 is 2.53 bits per heavy atom. The molecule has 0 radical (unpaired) electrons. The lowest BCUT2D eigenvalue weighted by molar-refractivity contribution is -0.128. The van der Waals surface area contributed by atoms with Crippen molar-refractivity contribution in [3.05, 3.63) is 101 Å². The average molecular weight is 437 g/mol. The number of nitrogens with zero attached hydrogens (tertiary/aromatic N) is 1. The van der Waals surface area contributed by atoms with E-state index in [2.05, 4.69) is 17.4 Å². The number of nitrogens with one attached hydrogen (secondary N) is 1. The molecule has 1 aliphatic rings. The Hall–Kier alpha value is -2.76. The molecule has 1 N–H and O–H groups in total. The summed E-state index contributed by atoms with van der Waals surface area (Å²) in [5.41, 5.74) is 3.46. The summed E-state index contributed by atoms with van der Waals surface area (Å²) in [6.45, 7) is 0.678. The minimum atomic E-state index is -0.195. The van der Waals surface area contributed by atoms with Crippen LogP contribution in [0.4, 0.5) is 5.69 Å². The topological polar surface area (TPSA) is 49.4 Å². The Labute approximate surface area is 185 Å². The molecule has 3 aromatic rings. The highest BCUT2D eigenvalue weighted by atomic mass is 35.5. The van der Waals surface area contributed by atoms with Gasteiger partial charge in [-0.05, 0) is 47.9 Å². The largest absolute Gasteiger partial charge is 0.326 e. The van der Waals surface area contributed by atoms with E-state index in [1.165, 1.54) is 5.56 Å². The molecule has 1 heterocycles. The molecule has 0 aromatic heterocycles. The fourth-order valence-electron chi connectivity index (χ4n) is 3.43. The summed E-state index contributed by atoms with van der Waals surface area (Å²) in [4.78, 5) is 26.9. The van der Waals surface area contributed by atoms with Gasteiger partial charge < -0.3 is 10.2 Å². The molecule has 2 amide bonds. The fourth-order valence-corrected chi connectivity index (χ4v) is 4.84. The molecule has 0 saturated carbocycles. The second-order valence-electron chi connectivity index (χ2n) is 7.07. The van der Waals surface area contributed by atoms with Gasteiger partial charge in [0.2, 0.25) is 5.91 Å². The highest BCUT2D eigenvalue weighted by Gasteiger charge is 2.32. The van der Waals surface area contributed by atoms with E-state index in [9.17, 15) is 9.59 Å². The van der Waals surface area contributed by atoms with Crippen LogP contribution in [0.25, 0.3) is 0 Å². The van der Waals surface area contributed by atoms with Crippen molar-refractivity contribution >= 4 is 40.9 Å². The SMILES string of the molecule is O=C(Nc1cccc(Cl)c1)c1ccc([C@@H]2SCC(=O)N2CCc2ccccc2)cc1. The minimum Gasteiger partial charge on any atom is -0.326 e. The van der Waals surface area contributed by atoms with Crippen LogP contribution in [0, 0.1) is 0 Å². The van der Waals surface area contributed by atoms with Gasteiger partial charge in [-0.1, -0.05) is 60.1 Å². The maximum atomic E-state index is 12.5. The monoisotopic (exact) mass is 436 g/mol. The van der Waals surface area contributed by atoms with Gasteiger partial charge >= 0.3 is 0 Å². The first-order chi connectivity index (χ1) is 14.6. The normalized spacial score (nSPS) is 16.0. The third-order valence-corrected chi connectivity index (χ3v) is 6.48. The van der Waals surface area contributed by atoms with Crippen molar-refractivity contribution in [2.75, 3.05) is 17.6 Å². The molecule has 152 valence electrons. The molecule has 1 fully saturated rings. The van der Waals surface area contributed by atoms with E-state index in [0.717, 1.165) is 12.0 Å². The summed E-state index contributed by atoms with van der Waals surface area (Å²) in [7, 11) is 0. The number of carbonyl (C=O) groups is 2. The molecule has 0 aliphatic carbocycles. The molecule has 0 bridgehead atoms. The molecular formula is C24H21ClN2O2S. The van der Waals surface area contributed by atoms with Crippen LogP contribution >= 0.6 is 23.4 Å². The lowest BCUT2D eigenvalue weighted by Crippen LogP contribution is -2.30. The Morgan fingerprint density at radius 2 is 1.80 bits per heavy atom. The van der Waals surface area contributed by atoms with E-state index in [-0.39, 0.29) is 17.2 Å². The Balaban J connectivity index is 1.43. The molecule has 0 spiro atoms. The maximum absolute atomic E-state index is 12.5. The summed E-state index contributed by atoms with van der Waals surface area (Å²) < 4.78 is 0. The van der Waals surface area contributed by atoms with Crippen LogP contribution in [0.1, 0.15) is 26.9 Å². The Bertz CT molecular complexity index is 1040. The van der Waals surface area contributed by atoms with Gasteiger partial charge in [0.05, 0.1) is 5.75 Å². The zero-order valence-electron chi connectivity index (χ0n) is 16.3. The van der Waals surface area contributed by atoms with E-state index in [1.807, 2.05) is 35.2 Å². The van der Waals surface area contributed by atoms with Crippen LogP contribution < -0.4 is 5.32 Å². The predicted molar refractivity (Wildman–Crippen MR) is 123 cm³/mol. The molecule has 4 nitrogen and oxygen atoms in total. The van der Waals surface area contributed by atoms with Crippen LogP contribution in [0.2, 0.25) is 5.02 Å². The lowest BCUT2D eigenvalue weighted by atomic mass is 10.1. The fraction of sp³-hybridized carbons (Fsp3) is 0.167. The average Bonchev–Trinajstić information content (AvgIpc) is 3.13. The van der Waals surface area contributed by atoms with E-state index in [4.69, 9.17) is 11.6 Å². The quantitative estimate of drug-likeness (QED) is 0.562. The summed E-state index contributed by atoms with van der Waals surface area (Å²) in [6, 6.07) is 24.7. The zero-order chi connectivity index (χ0) is 20.9. The second-order valence-corrected chi connectivity index (χ2v) is 8.58. The number of carbonyl (C=O) groups excluding carboxylic acids is 2. The molecule has 30 heavy (non-hydrogen) atoms. The van der Waals surface area contributed by atoms with Gasteiger partial charge in [0.15, 0.2) is 0 Å².